The smallest absolute Gasteiger partial charge is 0.264 e. The minimum absolute atomic E-state index is 0.242. The number of carbonyl (C=O) groups is 1. The molecule has 1 saturated heterocycles. The molecule has 112 valence electrons. The van der Waals surface area contributed by atoms with Crippen LogP contribution in [0.3, 0.4) is 0 Å². The molecule has 1 amide bonds. The predicted octanol–water partition coefficient (Wildman–Crippen LogP) is 4.68. The molecule has 2 heterocycles. The number of aliphatic imine (C=N–C) groups is 1. The Bertz CT molecular complexity index is 782. The monoisotopic (exact) mass is 492 g/mol. The first-order chi connectivity index (χ1) is 10.5. The van der Waals surface area contributed by atoms with Gasteiger partial charge in [0.1, 0.15) is 11.6 Å². The van der Waals surface area contributed by atoms with Gasteiger partial charge in [-0.2, -0.15) is 0 Å². The predicted molar refractivity (Wildman–Crippen MR) is 96.3 cm³/mol. The van der Waals surface area contributed by atoms with Crippen LogP contribution in [0.5, 0.6) is 0 Å². The molecule has 0 atom stereocenters. The standard InChI is InChI=1S/C14H7BrFIN2O2S/c15-10-5-9(21-12(10)17)6-11-13(20)19-14(22-11)18-8-3-1-7(16)2-4-8/h1-6H,(H,18,19,20)/b11-6-. The number of amidine groups is 1. The SMILES string of the molecule is O=C1NC(=Nc2ccc(F)cc2)S/C1=C\c1cc(Br)c(I)o1. The fourth-order valence-electron chi connectivity index (χ4n) is 1.68. The van der Waals surface area contributed by atoms with Gasteiger partial charge in [-0.1, -0.05) is 0 Å². The Hall–Kier alpha value is -1.13. The Kier molecular flexibility index (Phi) is 4.69. The lowest BCUT2D eigenvalue weighted by Crippen LogP contribution is -2.19. The van der Waals surface area contributed by atoms with Gasteiger partial charge in [-0.05, 0) is 58.0 Å². The zero-order valence-corrected chi connectivity index (χ0v) is 15.3. The van der Waals surface area contributed by atoms with E-state index in [1.807, 2.05) is 0 Å². The average molecular weight is 493 g/mol. The number of thioether (sulfide) groups is 1. The molecule has 0 unspecified atom stereocenters. The Morgan fingerprint density at radius 2 is 2.09 bits per heavy atom. The highest BCUT2D eigenvalue weighted by Crippen LogP contribution is 2.30. The second-order valence-corrected chi connectivity index (χ2v) is 7.09. The van der Waals surface area contributed by atoms with E-state index < -0.39 is 0 Å². The van der Waals surface area contributed by atoms with E-state index >= 15 is 0 Å². The highest BCUT2D eigenvalue weighted by Gasteiger charge is 2.24. The molecule has 4 nitrogen and oxygen atoms in total. The summed E-state index contributed by atoms with van der Waals surface area (Å²) in [7, 11) is 0. The van der Waals surface area contributed by atoms with E-state index in [1.54, 1.807) is 24.3 Å². The van der Waals surface area contributed by atoms with Crippen LogP contribution in [0.25, 0.3) is 6.08 Å². The molecule has 0 aliphatic carbocycles. The Labute approximate surface area is 151 Å². The fraction of sp³-hybridized carbons (Fsp3) is 0. The van der Waals surface area contributed by atoms with Crippen LogP contribution < -0.4 is 5.32 Å². The molecule has 0 spiro atoms. The molecule has 1 aromatic heterocycles. The largest absolute Gasteiger partial charge is 0.450 e. The zero-order valence-electron chi connectivity index (χ0n) is 10.8. The van der Waals surface area contributed by atoms with Crippen molar-refractivity contribution in [3.63, 3.8) is 0 Å². The van der Waals surface area contributed by atoms with Crippen LogP contribution in [-0.2, 0) is 4.79 Å². The van der Waals surface area contributed by atoms with Gasteiger partial charge in [0.25, 0.3) is 5.91 Å². The van der Waals surface area contributed by atoms with Gasteiger partial charge in [-0.3, -0.25) is 4.79 Å². The summed E-state index contributed by atoms with van der Waals surface area (Å²) >= 11 is 6.61. The van der Waals surface area contributed by atoms with Gasteiger partial charge in [0, 0.05) is 28.7 Å². The van der Waals surface area contributed by atoms with Gasteiger partial charge >= 0.3 is 0 Å². The summed E-state index contributed by atoms with van der Waals surface area (Å²) in [5.74, 6) is 0.0102. The van der Waals surface area contributed by atoms with Crippen LogP contribution in [-0.4, -0.2) is 11.1 Å². The maximum atomic E-state index is 12.9. The number of hydrogen-bond acceptors (Lipinski definition) is 4. The Morgan fingerprint density at radius 3 is 2.73 bits per heavy atom. The van der Waals surface area contributed by atoms with E-state index in [0.717, 1.165) is 4.47 Å². The molecule has 1 aliphatic heterocycles. The van der Waals surface area contributed by atoms with Gasteiger partial charge in [-0.15, -0.1) is 0 Å². The third-order valence-corrected chi connectivity index (χ3v) is 5.69. The Morgan fingerprint density at radius 1 is 1.36 bits per heavy atom. The highest BCUT2D eigenvalue weighted by molar-refractivity contribution is 14.1. The molecule has 8 heteroatoms. The fourth-order valence-corrected chi connectivity index (χ4v) is 3.22. The van der Waals surface area contributed by atoms with E-state index in [1.165, 1.54) is 23.9 Å². The Balaban J connectivity index is 1.82. The highest BCUT2D eigenvalue weighted by atomic mass is 127. The summed E-state index contributed by atoms with van der Waals surface area (Å²) in [6, 6.07) is 7.52. The zero-order chi connectivity index (χ0) is 15.7. The van der Waals surface area contributed by atoms with Crippen molar-refractivity contribution < 1.29 is 13.6 Å². The first-order valence-corrected chi connectivity index (χ1v) is 8.70. The second kappa shape index (κ2) is 6.55. The normalized spacial score (nSPS) is 18.2. The van der Waals surface area contributed by atoms with Crippen molar-refractivity contribution in [1.29, 1.82) is 0 Å². The van der Waals surface area contributed by atoms with Crippen LogP contribution in [0.4, 0.5) is 10.1 Å². The van der Waals surface area contributed by atoms with Gasteiger partial charge in [0.2, 0.25) is 0 Å². The number of nitrogens with one attached hydrogen (secondary N) is 1. The second-order valence-electron chi connectivity index (χ2n) is 4.23. The van der Waals surface area contributed by atoms with Crippen LogP contribution >= 0.6 is 50.3 Å². The van der Waals surface area contributed by atoms with E-state index in [9.17, 15) is 9.18 Å². The van der Waals surface area contributed by atoms with Crippen LogP contribution in [0.2, 0.25) is 0 Å². The minimum Gasteiger partial charge on any atom is -0.450 e. The van der Waals surface area contributed by atoms with Crippen molar-refractivity contribution in [2.75, 3.05) is 0 Å². The average Bonchev–Trinajstić information content (AvgIpc) is 2.96. The topological polar surface area (TPSA) is 54.6 Å². The van der Waals surface area contributed by atoms with Crippen molar-refractivity contribution in [1.82, 2.24) is 5.32 Å². The van der Waals surface area contributed by atoms with E-state index in [2.05, 4.69) is 48.8 Å². The van der Waals surface area contributed by atoms with Crippen LogP contribution in [0.1, 0.15) is 5.76 Å². The van der Waals surface area contributed by atoms with Gasteiger partial charge < -0.3 is 9.73 Å². The third kappa shape index (κ3) is 3.61. The number of hydrogen-bond donors (Lipinski definition) is 1. The summed E-state index contributed by atoms with van der Waals surface area (Å²) in [6.07, 6.45) is 1.65. The summed E-state index contributed by atoms with van der Waals surface area (Å²) < 4.78 is 19.9. The molecule has 22 heavy (non-hydrogen) atoms. The molecule has 0 radical (unpaired) electrons. The minimum atomic E-state index is -0.328. The number of carbonyl (C=O) groups excluding carboxylic acids is 1. The lowest BCUT2D eigenvalue weighted by molar-refractivity contribution is -0.115. The molecular weight excluding hydrogens is 486 g/mol. The van der Waals surface area contributed by atoms with Gasteiger partial charge in [-0.25, -0.2) is 9.38 Å². The molecule has 1 aliphatic rings. The van der Waals surface area contributed by atoms with Gasteiger partial charge in [0.05, 0.1) is 15.1 Å². The van der Waals surface area contributed by atoms with Gasteiger partial charge in [0.15, 0.2) is 8.93 Å². The number of amides is 1. The summed E-state index contributed by atoms with van der Waals surface area (Å²) in [5, 5.41) is 3.11. The number of benzene rings is 1. The van der Waals surface area contributed by atoms with E-state index in [-0.39, 0.29) is 11.7 Å². The maximum Gasteiger partial charge on any atom is 0.264 e. The molecular formula is C14H7BrFIN2O2S. The quantitative estimate of drug-likeness (QED) is 0.489. The van der Waals surface area contributed by atoms with Crippen LogP contribution in [0.15, 0.2) is 49.1 Å². The molecule has 1 N–H and O–H groups in total. The molecule has 2 aromatic rings. The number of halogens is 3. The van der Waals surface area contributed by atoms with Crippen molar-refractivity contribution in [2.24, 2.45) is 4.99 Å². The third-order valence-electron chi connectivity index (χ3n) is 2.65. The van der Waals surface area contributed by atoms with Crippen molar-refractivity contribution in [3.05, 3.63) is 55.1 Å². The summed E-state index contributed by atoms with van der Waals surface area (Å²) in [4.78, 5) is 16.7. The maximum absolute atomic E-state index is 12.9. The van der Waals surface area contributed by atoms with Crippen LogP contribution in [0, 0.1) is 9.58 Å². The van der Waals surface area contributed by atoms with Crippen molar-refractivity contribution >= 4 is 73.1 Å². The van der Waals surface area contributed by atoms with E-state index in [4.69, 9.17) is 4.42 Å². The van der Waals surface area contributed by atoms with Crippen molar-refractivity contribution in [2.45, 2.75) is 0 Å². The number of nitrogens with zero attached hydrogens (tertiary/aromatic N) is 1. The first kappa shape index (κ1) is 15.8. The molecule has 1 fully saturated rings. The molecule has 3 rings (SSSR count). The number of furan rings is 1. The first-order valence-electron chi connectivity index (χ1n) is 6.01. The molecule has 0 bridgehead atoms. The number of rotatable bonds is 2. The molecule has 0 saturated carbocycles. The molecule has 1 aromatic carbocycles. The van der Waals surface area contributed by atoms with Crippen molar-refractivity contribution in [3.8, 4) is 0 Å². The lowest BCUT2D eigenvalue weighted by atomic mass is 10.3. The summed E-state index contributed by atoms with van der Waals surface area (Å²) in [5.41, 5.74) is 0.570. The lowest BCUT2D eigenvalue weighted by Gasteiger charge is -1.95. The summed E-state index contributed by atoms with van der Waals surface area (Å²) in [6.45, 7) is 0. The van der Waals surface area contributed by atoms with E-state index in [0.29, 0.717) is 25.3 Å².